The monoisotopic (exact) mass is 744 g/mol. The number of rotatable bonds is 9. The first kappa shape index (κ1) is 33.4. The number of carbonyl (C=O) groups excluding carboxylic acids is 2. The molecule has 4 heterocycles. The molecule has 6 aromatic rings. The number of nitrogens with one attached hydrogen (secondary N) is 2. The van der Waals surface area contributed by atoms with Crippen molar-refractivity contribution in [1.82, 2.24) is 19.9 Å². The molecule has 3 aromatic carbocycles. The van der Waals surface area contributed by atoms with Crippen LogP contribution in [0.3, 0.4) is 0 Å². The molecule has 1 aliphatic rings. The van der Waals surface area contributed by atoms with Gasteiger partial charge in [-0.15, -0.1) is 0 Å². The van der Waals surface area contributed by atoms with E-state index in [1.807, 2.05) is 47.4 Å². The number of methoxy groups -OCH3 is 2. The Bertz CT molecular complexity index is 2150. The van der Waals surface area contributed by atoms with Crippen molar-refractivity contribution < 1.29 is 19.1 Å². The van der Waals surface area contributed by atoms with Gasteiger partial charge in [-0.05, 0) is 90.0 Å². The van der Waals surface area contributed by atoms with Crippen LogP contribution in [0.15, 0.2) is 108 Å². The summed E-state index contributed by atoms with van der Waals surface area (Å²) < 4.78 is 11.4. The molecule has 2 amide bonds. The molecule has 1 saturated heterocycles. The average molecular weight is 746 g/mol. The van der Waals surface area contributed by atoms with Gasteiger partial charge in [0.15, 0.2) is 5.65 Å². The van der Waals surface area contributed by atoms with Crippen LogP contribution in [-0.4, -0.2) is 59.1 Å². The van der Waals surface area contributed by atoms with E-state index in [0.29, 0.717) is 51.2 Å². The molecule has 12 nitrogen and oxygen atoms in total. The highest BCUT2D eigenvalue weighted by atomic mass is 79.9. The molecule has 0 spiro atoms. The zero-order chi connectivity index (χ0) is 35.5. The molecule has 1 aliphatic heterocycles. The van der Waals surface area contributed by atoms with Crippen molar-refractivity contribution in [2.24, 2.45) is 11.8 Å². The van der Waals surface area contributed by atoms with Gasteiger partial charge in [-0.25, -0.2) is 19.9 Å². The maximum atomic E-state index is 13.7. The third-order valence-corrected chi connectivity index (χ3v) is 9.34. The number of anilines is 4. The third-order valence-electron chi connectivity index (χ3n) is 8.85. The van der Waals surface area contributed by atoms with E-state index in [-0.39, 0.29) is 24.9 Å². The van der Waals surface area contributed by atoms with E-state index in [0.717, 1.165) is 21.2 Å². The predicted octanol–water partition coefficient (Wildman–Crippen LogP) is 6.45. The molecule has 2 atom stereocenters. The summed E-state index contributed by atoms with van der Waals surface area (Å²) in [6.45, 7) is 0.568. The van der Waals surface area contributed by atoms with Gasteiger partial charge >= 0.3 is 0 Å². The van der Waals surface area contributed by atoms with Gasteiger partial charge in [0.2, 0.25) is 11.8 Å². The van der Waals surface area contributed by atoms with Crippen LogP contribution in [0.1, 0.15) is 0 Å². The molecule has 1 fully saturated rings. The number of amides is 2. The Labute approximate surface area is 302 Å². The number of nitrogen functional groups attached to an aromatic ring is 1. The Morgan fingerprint density at radius 3 is 1.96 bits per heavy atom. The smallest absolute Gasteiger partial charge is 0.230 e. The molecule has 13 heteroatoms. The minimum atomic E-state index is -0.660. The van der Waals surface area contributed by atoms with Crippen LogP contribution in [0.5, 0.6) is 11.5 Å². The Kier molecular flexibility index (Phi) is 9.45. The third kappa shape index (κ3) is 7.15. The number of aromatic nitrogens is 4. The summed E-state index contributed by atoms with van der Waals surface area (Å²) in [5.74, 6) is 0.456. The van der Waals surface area contributed by atoms with Crippen LogP contribution >= 0.6 is 15.9 Å². The number of ether oxygens (including phenoxy) is 2. The fourth-order valence-electron chi connectivity index (χ4n) is 6.18. The maximum absolute atomic E-state index is 13.7. The van der Waals surface area contributed by atoms with E-state index in [2.05, 4.69) is 36.5 Å². The standard InChI is InChI=1S/C38H33BrN8O4/c1-50-27-11-7-25(8-12-27)44-37(48)30-19-47(20-31(30)38(49)45-26-9-13-28(51-2)14-10-26)33-15-6-23(18-41-33)32-17-29(22-4-3-5-24(39)16-22)34-35(40)42-21-43-36(34)46-32/h3-18,21,30-31H,19-20H2,1-2H3,(H,44,48)(H,45,49)(H2,40,42,43,46). The minimum absolute atomic E-state index is 0.268. The number of pyridine rings is 2. The maximum Gasteiger partial charge on any atom is 0.230 e. The zero-order valence-electron chi connectivity index (χ0n) is 27.7. The molecule has 0 saturated carbocycles. The van der Waals surface area contributed by atoms with E-state index in [1.54, 1.807) is 68.9 Å². The lowest BCUT2D eigenvalue weighted by molar-refractivity contribution is -0.127. The Morgan fingerprint density at radius 2 is 1.41 bits per heavy atom. The van der Waals surface area contributed by atoms with Crippen LogP contribution < -0.4 is 30.7 Å². The second-order valence-electron chi connectivity index (χ2n) is 12.0. The summed E-state index contributed by atoms with van der Waals surface area (Å²) in [6, 6.07) is 27.8. The van der Waals surface area contributed by atoms with Crippen LogP contribution in [0.2, 0.25) is 0 Å². The highest BCUT2D eigenvalue weighted by molar-refractivity contribution is 9.10. The average Bonchev–Trinajstić information content (AvgIpc) is 3.61. The summed E-state index contributed by atoms with van der Waals surface area (Å²) in [7, 11) is 3.16. The number of hydrogen-bond acceptors (Lipinski definition) is 10. The molecular formula is C38H33BrN8O4. The van der Waals surface area contributed by atoms with Gasteiger partial charge in [0.1, 0.15) is 29.5 Å². The largest absolute Gasteiger partial charge is 0.497 e. The van der Waals surface area contributed by atoms with Gasteiger partial charge in [-0.3, -0.25) is 9.59 Å². The number of halogens is 1. The van der Waals surface area contributed by atoms with E-state index in [1.165, 1.54) is 6.33 Å². The lowest BCUT2D eigenvalue weighted by Gasteiger charge is -2.18. The van der Waals surface area contributed by atoms with E-state index in [9.17, 15) is 9.59 Å². The molecule has 0 aliphatic carbocycles. The summed E-state index contributed by atoms with van der Waals surface area (Å²) in [5, 5.41) is 6.61. The minimum Gasteiger partial charge on any atom is -0.497 e. The molecule has 3 aromatic heterocycles. The number of hydrogen-bond donors (Lipinski definition) is 3. The molecule has 51 heavy (non-hydrogen) atoms. The van der Waals surface area contributed by atoms with Gasteiger partial charge in [-0.1, -0.05) is 28.1 Å². The van der Waals surface area contributed by atoms with E-state index >= 15 is 0 Å². The van der Waals surface area contributed by atoms with Crippen molar-refractivity contribution in [3.63, 3.8) is 0 Å². The second kappa shape index (κ2) is 14.4. The number of nitrogens with two attached hydrogens (primary N) is 1. The molecule has 4 N–H and O–H groups in total. The molecule has 256 valence electrons. The van der Waals surface area contributed by atoms with Crippen LogP contribution in [0.25, 0.3) is 33.4 Å². The topological polar surface area (TPSA) is 157 Å². The van der Waals surface area contributed by atoms with Crippen molar-refractivity contribution in [2.75, 3.05) is 48.6 Å². The Balaban J connectivity index is 1.16. The number of nitrogens with zero attached hydrogens (tertiary/aromatic N) is 5. The van der Waals surface area contributed by atoms with Crippen molar-refractivity contribution in [2.45, 2.75) is 0 Å². The van der Waals surface area contributed by atoms with Crippen molar-refractivity contribution >= 4 is 61.8 Å². The predicted molar refractivity (Wildman–Crippen MR) is 201 cm³/mol. The van der Waals surface area contributed by atoms with Gasteiger partial charge in [0.05, 0.1) is 37.1 Å². The van der Waals surface area contributed by atoms with Gasteiger partial charge in [0.25, 0.3) is 0 Å². The fourth-order valence-corrected chi connectivity index (χ4v) is 6.58. The normalized spacial score (nSPS) is 15.4. The van der Waals surface area contributed by atoms with Crippen LogP contribution in [0, 0.1) is 11.8 Å². The fraction of sp³-hybridized carbons (Fsp3) is 0.158. The molecule has 0 bridgehead atoms. The number of benzene rings is 3. The molecule has 7 rings (SSSR count). The highest BCUT2D eigenvalue weighted by Crippen LogP contribution is 2.36. The quantitative estimate of drug-likeness (QED) is 0.150. The highest BCUT2D eigenvalue weighted by Gasteiger charge is 2.42. The molecular weight excluding hydrogens is 712 g/mol. The first-order valence-corrected chi connectivity index (χ1v) is 16.9. The van der Waals surface area contributed by atoms with Crippen LogP contribution in [-0.2, 0) is 9.59 Å². The van der Waals surface area contributed by atoms with Gasteiger partial charge < -0.3 is 30.7 Å². The lowest BCUT2D eigenvalue weighted by atomic mass is 9.94. The summed E-state index contributed by atoms with van der Waals surface area (Å²) in [6.07, 6.45) is 3.13. The van der Waals surface area contributed by atoms with E-state index < -0.39 is 11.8 Å². The molecule has 0 radical (unpaired) electrons. The number of carbonyl (C=O) groups is 2. The van der Waals surface area contributed by atoms with E-state index in [4.69, 9.17) is 25.2 Å². The summed E-state index contributed by atoms with van der Waals surface area (Å²) in [5.41, 5.74) is 11.2. The van der Waals surface area contributed by atoms with Crippen molar-refractivity contribution in [3.8, 4) is 33.9 Å². The Hall–Kier alpha value is -6.08. The summed E-state index contributed by atoms with van der Waals surface area (Å²) in [4.78, 5) is 47.6. The molecule has 2 unspecified atom stereocenters. The van der Waals surface area contributed by atoms with Crippen molar-refractivity contribution in [1.29, 1.82) is 0 Å². The SMILES string of the molecule is COc1ccc(NC(=O)C2CN(c3ccc(-c4cc(-c5cccc(Br)c5)c5c(N)ncnc5n4)cn3)CC2C(=O)Nc2ccc(OC)cc2)cc1. The second-order valence-corrected chi connectivity index (χ2v) is 12.9. The van der Waals surface area contributed by atoms with Crippen molar-refractivity contribution in [3.05, 3.63) is 108 Å². The number of fused-ring (bicyclic) bond motifs is 1. The Morgan fingerprint density at radius 1 is 0.784 bits per heavy atom. The zero-order valence-corrected chi connectivity index (χ0v) is 29.3. The van der Waals surface area contributed by atoms with Gasteiger partial charge in [0, 0.05) is 40.7 Å². The summed E-state index contributed by atoms with van der Waals surface area (Å²) >= 11 is 3.56. The van der Waals surface area contributed by atoms with Crippen LogP contribution in [0.4, 0.5) is 23.0 Å². The van der Waals surface area contributed by atoms with Gasteiger partial charge in [-0.2, -0.15) is 0 Å². The first-order valence-electron chi connectivity index (χ1n) is 16.1. The lowest BCUT2D eigenvalue weighted by Crippen LogP contribution is -2.35. The first-order chi connectivity index (χ1) is 24.8.